The van der Waals surface area contributed by atoms with Crippen LogP contribution in [0.5, 0.6) is 0 Å². The summed E-state index contributed by atoms with van der Waals surface area (Å²) in [5.74, 6) is -0.127. The number of nitrogens with two attached hydrogens (primary N) is 1. The largest absolute Gasteiger partial charge is 0.349 e. The number of aromatic nitrogens is 1. The molecule has 0 aromatic carbocycles. The van der Waals surface area contributed by atoms with Crippen molar-refractivity contribution in [1.82, 2.24) is 10.3 Å². The van der Waals surface area contributed by atoms with Gasteiger partial charge in [0.1, 0.15) is 0 Å². The lowest BCUT2D eigenvalue weighted by atomic mass is 9.87. The van der Waals surface area contributed by atoms with E-state index in [1.165, 1.54) is 0 Å². The van der Waals surface area contributed by atoms with E-state index in [1.54, 1.807) is 11.3 Å². The predicted molar refractivity (Wildman–Crippen MR) is 66.1 cm³/mol. The molecule has 5 heteroatoms. The van der Waals surface area contributed by atoms with Gasteiger partial charge < -0.3 is 11.1 Å². The van der Waals surface area contributed by atoms with Crippen molar-refractivity contribution in [2.24, 2.45) is 11.1 Å². The van der Waals surface area contributed by atoms with E-state index in [0.29, 0.717) is 6.54 Å². The first-order valence-corrected chi connectivity index (χ1v) is 6.13. The molecule has 0 saturated carbocycles. The molecule has 0 aliphatic rings. The van der Waals surface area contributed by atoms with E-state index in [0.717, 1.165) is 10.7 Å². The van der Waals surface area contributed by atoms with Crippen LogP contribution in [0.4, 0.5) is 0 Å². The standard InChI is InChI=1S/C11H19N3OS/c1-7-14-8(6-16-7)5-13-10(15)9(12)11(2,3)4/h6,9H,5,12H2,1-4H3,(H,13,15)/t9-/m0/s1. The van der Waals surface area contributed by atoms with Gasteiger partial charge in [-0.3, -0.25) is 4.79 Å². The van der Waals surface area contributed by atoms with E-state index in [2.05, 4.69) is 10.3 Å². The van der Waals surface area contributed by atoms with Crippen molar-refractivity contribution in [3.8, 4) is 0 Å². The Labute approximate surface area is 100 Å². The SMILES string of the molecule is Cc1nc(CNC(=O)[C@H](N)C(C)(C)C)cs1. The summed E-state index contributed by atoms with van der Waals surface area (Å²) in [4.78, 5) is 16.0. The first kappa shape index (κ1) is 13.1. The third-order valence-electron chi connectivity index (χ3n) is 2.33. The third kappa shape index (κ3) is 3.57. The van der Waals surface area contributed by atoms with Crippen molar-refractivity contribution < 1.29 is 4.79 Å². The minimum absolute atomic E-state index is 0.127. The maximum atomic E-state index is 11.7. The zero-order valence-corrected chi connectivity index (χ0v) is 11.0. The summed E-state index contributed by atoms with van der Waals surface area (Å²) in [6.45, 7) is 8.24. The van der Waals surface area contributed by atoms with E-state index in [1.807, 2.05) is 33.1 Å². The second-order valence-electron chi connectivity index (χ2n) is 4.92. The van der Waals surface area contributed by atoms with Gasteiger partial charge >= 0.3 is 0 Å². The number of carbonyl (C=O) groups excluding carboxylic acids is 1. The van der Waals surface area contributed by atoms with Gasteiger partial charge in [0.15, 0.2) is 0 Å². The molecule has 3 N–H and O–H groups in total. The summed E-state index contributed by atoms with van der Waals surface area (Å²) in [6, 6.07) is -0.493. The molecule has 0 bridgehead atoms. The van der Waals surface area contributed by atoms with Gasteiger partial charge in [-0.25, -0.2) is 4.98 Å². The van der Waals surface area contributed by atoms with E-state index >= 15 is 0 Å². The molecule has 0 unspecified atom stereocenters. The Morgan fingerprint density at radius 1 is 1.62 bits per heavy atom. The van der Waals surface area contributed by atoms with Crippen LogP contribution in [-0.4, -0.2) is 16.9 Å². The Morgan fingerprint density at radius 2 is 2.25 bits per heavy atom. The van der Waals surface area contributed by atoms with Crippen LogP contribution in [0.3, 0.4) is 0 Å². The number of nitrogens with one attached hydrogen (secondary N) is 1. The number of hydrogen-bond acceptors (Lipinski definition) is 4. The average Bonchev–Trinajstić information content (AvgIpc) is 2.58. The van der Waals surface area contributed by atoms with Gasteiger partial charge in [-0.05, 0) is 12.3 Å². The molecule has 0 radical (unpaired) electrons. The number of hydrogen-bond donors (Lipinski definition) is 2. The Morgan fingerprint density at radius 3 is 2.69 bits per heavy atom. The maximum Gasteiger partial charge on any atom is 0.237 e. The van der Waals surface area contributed by atoms with Crippen molar-refractivity contribution in [3.05, 3.63) is 16.1 Å². The second-order valence-corrected chi connectivity index (χ2v) is 5.98. The molecule has 0 fully saturated rings. The summed E-state index contributed by atoms with van der Waals surface area (Å²) >= 11 is 1.58. The van der Waals surface area contributed by atoms with Crippen LogP contribution < -0.4 is 11.1 Å². The molecule has 16 heavy (non-hydrogen) atoms. The number of rotatable bonds is 3. The van der Waals surface area contributed by atoms with Crippen LogP contribution in [0.25, 0.3) is 0 Å². The monoisotopic (exact) mass is 241 g/mol. The lowest BCUT2D eigenvalue weighted by Crippen LogP contribution is -2.48. The van der Waals surface area contributed by atoms with E-state index in [-0.39, 0.29) is 11.3 Å². The molecule has 1 atom stereocenters. The Balaban J connectivity index is 2.47. The van der Waals surface area contributed by atoms with E-state index in [4.69, 9.17) is 5.73 Å². The highest BCUT2D eigenvalue weighted by Gasteiger charge is 2.27. The smallest absolute Gasteiger partial charge is 0.237 e. The number of nitrogens with zero attached hydrogens (tertiary/aromatic N) is 1. The fourth-order valence-corrected chi connectivity index (χ4v) is 1.78. The fraction of sp³-hybridized carbons (Fsp3) is 0.636. The Kier molecular flexibility index (Phi) is 4.04. The van der Waals surface area contributed by atoms with Crippen LogP contribution >= 0.6 is 11.3 Å². The number of carbonyl (C=O) groups is 1. The summed E-state index contributed by atoms with van der Waals surface area (Å²) in [5.41, 5.74) is 6.50. The van der Waals surface area contributed by atoms with Crippen molar-refractivity contribution in [3.63, 3.8) is 0 Å². The zero-order chi connectivity index (χ0) is 12.3. The van der Waals surface area contributed by atoms with Crippen molar-refractivity contribution in [1.29, 1.82) is 0 Å². The molecule has 1 aromatic rings. The van der Waals surface area contributed by atoms with Crippen LogP contribution in [0.15, 0.2) is 5.38 Å². The Hall–Kier alpha value is -0.940. The fourth-order valence-electron chi connectivity index (χ4n) is 1.17. The van der Waals surface area contributed by atoms with Gasteiger partial charge in [0, 0.05) is 5.38 Å². The van der Waals surface area contributed by atoms with Gasteiger partial charge in [0.25, 0.3) is 0 Å². The molecular weight excluding hydrogens is 222 g/mol. The summed E-state index contributed by atoms with van der Waals surface area (Å²) in [7, 11) is 0. The van der Waals surface area contributed by atoms with E-state index < -0.39 is 6.04 Å². The van der Waals surface area contributed by atoms with Gasteiger partial charge in [0.05, 0.1) is 23.3 Å². The van der Waals surface area contributed by atoms with Gasteiger partial charge in [-0.2, -0.15) is 0 Å². The topological polar surface area (TPSA) is 68.0 Å². The van der Waals surface area contributed by atoms with Crippen molar-refractivity contribution in [2.75, 3.05) is 0 Å². The molecule has 0 aliphatic heterocycles. The second kappa shape index (κ2) is 4.93. The molecule has 90 valence electrons. The molecule has 0 spiro atoms. The van der Waals surface area contributed by atoms with Crippen molar-refractivity contribution >= 4 is 17.2 Å². The molecule has 1 amide bonds. The van der Waals surface area contributed by atoms with Crippen LogP contribution in [0, 0.1) is 12.3 Å². The molecule has 1 heterocycles. The summed E-state index contributed by atoms with van der Waals surface area (Å²) in [6.07, 6.45) is 0. The minimum Gasteiger partial charge on any atom is -0.349 e. The third-order valence-corrected chi connectivity index (χ3v) is 3.15. The summed E-state index contributed by atoms with van der Waals surface area (Å²) < 4.78 is 0. The van der Waals surface area contributed by atoms with Crippen LogP contribution in [-0.2, 0) is 11.3 Å². The highest BCUT2D eigenvalue weighted by Crippen LogP contribution is 2.17. The molecule has 4 nitrogen and oxygen atoms in total. The first-order valence-electron chi connectivity index (χ1n) is 5.25. The minimum atomic E-state index is -0.493. The first-order chi connectivity index (χ1) is 7.30. The zero-order valence-electron chi connectivity index (χ0n) is 10.2. The molecule has 1 aromatic heterocycles. The normalized spacial score (nSPS) is 13.6. The highest BCUT2D eigenvalue weighted by atomic mass is 32.1. The number of thiazole rings is 1. The van der Waals surface area contributed by atoms with Crippen molar-refractivity contribution in [2.45, 2.75) is 40.3 Å². The number of amides is 1. The lowest BCUT2D eigenvalue weighted by molar-refractivity contribution is -0.124. The quantitative estimate of drug-likeness (QED) is 0.841. The van der Waals surface area contributed by atoms with Gasteiger partial charge in [-0.1, -0.05) is 20.8 Å². The Bertz CT molecular complexity index is 368. The average molecular weight is 241 g/mol. The number of aryl methyl sites for hydroxylation is 1. The van der Waals surface area contributed by atoms with Crippen LogP contribution in [0.1, 0.15) is 31.5 Å². The molecule has 0 saturated heterocycles. The highest BCUT2D eigenvalue weighted by molar-refractivity contribution is 7.09. The molecule has 1 rings (SSSR count). The van der Waals surface area contributed by atoms with Gasteiger partial charge in [0.2, 0.25) is 5.91 Å². The van der Waals surface area contributed by atoms with Crippen LogP contribution in [0.2, 0.25) is 0 Å². The van der Waals surface area contributed by atoms with E-state index in [9.17, 15) is 4.79 Å². The maximum absolute atomic E-state index is 11.7. The lowest BCUT2D eigenvalue weighted by Gasteiger charge is -2.25. The van der Waals surface area contributed by atoms with Gasteiger partial charge in [-0.15, -0.1) is 11.3 Å². The molecule has 0 aliphatic carbocycles. The molecular formula is C11H19N3OS. The predicted octanol–water partition coefficient (Wildman–Crippen LogP) is 1.44. The summed E-state index contributed by atoms with van der Waals surface area (Å²) in [5, 5.41) is 5.75.